The molecule has 0 aliphatic carbocycles. The third-order valence-electron chi connectivity index (χ3n) is 4.07. The van der Waals surface area contributed by atoms with Crippen LogP contribution in [0, 0.1) is 0 Å². The number of aliphatic hydroxyl groups is 1. The molecule has 28 heavy (non-hydrogen) atoms. The summed E-state index contributed by atoms with van der Waals surface area (Å²) >= 11 is 5.84. The molecule has 0 bridgehead atoms. The van der Waals surface area contributed by atoms with E-state index < -0.39 is 17.4 Å². The van der Waals surface area contributed by atoms with Crippen LogP contribution >= 0.6 is 11.6 Å². The van der Waals surface area contributed by atoms with E-state index in [4.69, 9.17) is 16.3 Å². The molecule has 0 aliphatic rings. The topological polar surface area (TPSA) is 114 Å². The fourth-order valence-corrected chi connectivity index (χ4v) is 2.89. The zero-order valence-electron chi connectivity index (χ0n) is 15.8. The summed E-state index contributed by atoms with van der Waals surface area (Å²) < 4.78 is 8.39. The van der Waals surface area contributed by atoms with Gasteiger partial charge in [-0.25, -0.2) is 4.79 Å². The van der Waals surface area contributed by atoms with Crippen molar-refractivity contribution in [3.8, 4) is 5.75 Å². The van der Waals surface area contributed by atoms with E-state index in [1.165, 1.54) is 11.6 Å². The summed E-state index contributed by atoms with van der Waals surface area (Å²) in [4.78, 5) is 30.9. The number of H-pyrrole nitrogens is 1. The highest BCUT2D eigenvalue weighted by Gasteiger charge is 2.20. The molecule has 2 aromatic heterocycles. The first-order valence-corrected chi connectivity index (χ1v) is 9.16. The van der Waals surface area contributed by atoms with Gasteiger partial charge in [0.25, 0.3) is 5.56 Å². The van der Waals surface area contributed by atoms with Crippen LogP contribution in [-0.4, -0.2) is 43.0 Å². The van der Waals surface area contributed by atoms with E-state index in [2.05, 4.69) is 15.3 Å². The summed E-state index contributed by atoms with van der Waals surface area (Å²) in [5, 5.41) is 14.2. The third-order valence-corrected chi connectivity index (χ3v) is 4.33. The minimum absolute atomic E-state index is 0.00604. The number of rotatable bonds is 7. The second-order valence-corrected chi connectivity index (χ2v) is 7.19. The number of nitrogens with zero attached hydrogens (tertiary/aromatic N) is 3. The van der Waals surface area contributed by atoms with Crippen LogP contribution in [0.25, 0.3) is 11.2 Å². The Morgan fingerprint density at radius 3 is 2.61 bits per heavy atom. The number of anilines is 1. The van der Waals surface area contributed by atoms with E-state index >= 15 is 0 Å². The Morgan fingerprint density at radius 1 is 1.29 bits per heavy atom. The molecule has 0 radical (unpaired) electrons. The van der Waals surface area contributed by atoms with Gasteiger partial charge < -0.3 is 19.7 Å². The quantitative estimate of drug-likeness (QED) is 0.544. The maximum Gasteiger partial charge on any atom is 0.329 e. The molecule has 2 heterocycles. The second kappa shape index (κ2) is 8.07. The van der Waals surface area contributed by atoms with Gasteiger partial charge in [0.1, 0.15) is 18.5 Å². The number of aromatic nitrogens is 4. The van der Waals surface area contributed by atoms with Crippen LogP contribution in [-0.2, 0) is 13.6 Å². The van der Waals surface area contributed by atoms with Crippen molar-refractivity contribution in [2.75, 3.05) is 11.9 Å². The molecular weight excluding hydrogens is 386 g/mol. The minimum atomic E-state index is -0.919. The van der Waals surface area contributed by atoms with E-state index in [0.29, 0.717) is 16.7 Å². The largest absolute Gasteiger partial charge is 0.491 e. The van der Waals surface area contributed by atoms with Crippen molar-refractivity contribution in [3.63, 3.8) is 0 Å². The molecule has 0 unspecified atom stereocenters. The van der Waals surface area contributed by atoms with Crippen LogP contribution in [0.15, 0.2) is 33.9 Å². The highest BCUT2D eigenvalue weighted by atomic mass is 35.5. The number of aryl methyl sites for hydroxylation is 1. The molecular formula is C18H22ClN5O4. The molecule has 1 aromatic carbocycles. The molecule has 0 amide bonds. The van der Waals surface area contributed by atoms with E-state index in [-0.39, 0.29) is 30.4 Å². The summed E-state index contributed by atoms with van der Waals surface area (Å²) in [6.07, 6.45) is -0.919. The first-order valence-electron chi connectivity index (χ1n) is 8.78. The highest BCUT2D eigenvalue weighted by Crippen LogP contribution is 2.18. The number of imidazole rings is 1. The summed E-state index contributed by atoms with van der Waals surface area (Å²) in [5.74, 6) is 0.960. The molecule has 0 saturated heterocycles. The van der Waals surface area contributed by atoms with E-state index in [1.54, 1.807) is 28.8 Å². The first kappa shape index (κ1) is 20.0. The van der Waals surface area contributed by atoms with E-state index in [9.17, 15) is 14.7 Å². The van der Waals surface area contributed by atoms with E-state index in [0.717, 1.165) is 0 Å². The van der Waals surface area contributed by atoms with Crippen LogP contribution < -0.4 is 21.3 Å². The number of aliphatic hydroxyl groups excluding tert-OH is 1. The SMILES string of the molecule is CC(C)Nc1nc2c(c(=O)[nH]c(=O)n2C)n1C[C@@H](O)COc1ccc(Cl)cc1. The second-order valence-electron chi connectivity index (χ2n) is 6.75. The maximum atomic E-state index is 12.4. The van der Waals surface area contributed by atoms with Crippen molar-refractivity contribution >= 4 is 28.7 Å². The van der Waals surface area contributed by atoms with Crippen LogP contribution in [0.2, 0.25) is 5.02 Å². The molecule has 0 fully saturated rings. The van der Waals surface area contributed by atoms with Crippen LogP contribution in [0.3, 0.4) is 0 Å². The highest BCUT2D eigenvalue weighted by molar-refractivity contribution is 6.30. The van der Waals surface area contributed by atoms with Gasteiger partial charge in [-0.1, -0.05) is 11.6 Å². The molecule has 9 nitrogen and oxygen atoms in total. The first-order chi connectivity index (χ1) is 13.3. The Labute approximate surface area is 165 Å². The van der Waals surface area contributed by atoms with Gasteiger partial charge in [-0.05, 0) is 38.1 Å². The summed E-state index contributed by atoms with van der Waals surface area (Å²) in [6, 6.07) is 6.82. The normalized spacial score (nSPS) is 12.5. The number of ether oxygens (including phenoxy) is 1. The van der Waals surface area contributed by atoms with Gasteiger partial charge in [0.15, 0.2) is 11.2 Å². The number of benzene rings is 1. The number of hydrogen-bond acceptors (Lipinski definition) is 6. The van der Waals surface area contributed by atoms with Gasteiger partial charge in [0.05, 0.1) is 6.54 Å². The Morgan fingerprint density at radius 2 is 1.96 bits per heavy atom. The summed E-state index contributed by atoms with van der Waals surface area (Å²) in [7, 11) is 1.52. The lowest BCUT2D eigenvalue weighted by Gasteiger charge is -2.17. The van der Waals surface area contributed by atoms with Gasteiger partial charge in [-0.3, -0.25) is 14.3 Å². The lowest BCUT2D eigenvalue weighted by molar-refractivity contribution is 0.0938. The van der Waals surface area contributed by atoms with Crippen molar-refractivity contribution in [3.05, 3.63) is 50.1 Å². The fourth-order valence-electron chi connectivity index (χ4n) is 2.77. The van der Waals surface area contributed by atoms with Crippen molar-refractivity contribution in [2.24, 2.45) is 7.05 Å². The van der Waals surface area contributed by atoms with Crippen molar-refractivity contribution in [1.82, 2.24) is 19.1 Å². The Bertz CT molecular complexity index is 1080. The lowest BCUT2D eigenvalue weighted by Crippen LogP contribution is -2.31. The molecule has 3 N–H and O–H groups in total. The zero-order valence-corrected chi connectivity index (χ0v) is 16.5. The lowest BCUT2D eigenvalue weighted by atomic mass is 10.3. The Balaban J connectivity index is 1.89. The van der Waals surface area contributed by atoms with Crippen molar-refractivity contribution < 1.29 is 9.84 Å². The van der Waals surface area contributed by atoms with Crippen molar-refractivity contribution in [2.45, 2.75) is 32.5 Å². The zero-order chi connectivity index (χ0) is 20.4. The summed E-state index contributed by atoms with van der Waals surface area (Å²) in [6.45, 7) is 3.91. The Kier molecular flexibility index (Phi) is 5.76. The average molecular weight is 408 g/mol. The third kappa shape index (κ3) is 4.20. The standard InChI is InChI=1S/C18H22ClN5O4/c1-10(2)20-17-21-15-14(16(26)22-18(27)23(15)3)24(17)8-12(25)9-28-13-6-4-11(19)5-7-13/h4-7,10,12,25H,8-9H2,1-3H3,(H,20,21)(H,22,26,27)/t12-/m1/s1. The van der Waals surface area contributed by atoms with Crippen LogP contribution in [0.5, 0.6) is 5.75 Å². The number of aromatic amines is 1. The van der Waals surface area contributed by atoms with Gasteiger partial charge >= 0.3 is 5.69 Å². The molecule has 0 saturated carbocycles. The van der Waals surface area contributed by atoms with Gasteiger partial charge in [0.2, 0.25) is 5.95 Å². The molecule has 1 atom stereocenters. The van der Waals surface area contributed by atoms with Gasteiger partial charge in [-0.15, -0.1) is 0 Å². The molecule has 3 rings (SSSR count). The molecule has 3 aromatic rings. The number of halogens is 1. The van der Waals surface area contributed by atoms with Crippen LogP contribution in [0.4, 0.5) is 5.95 Å². The smallest absolute Gasteiger partial charge is 0.329 e. The van der Waals surface area contributed by atoms with Gasteiger partial charge in [0, 0.05) is 18.1 Å². The maximum absolute atomic E-state index is 12.4. The average Bonchev–Trinajstić information content (AvgIpc) is 2.97. The van der Waals surface area contributed by atoms with Crippen LogP contribution in [0.1, 0.15) is 13.8 Å². The molecule has 10 heteroatoms. The van der Waals surface area contributed by atoms with Gasteiger partial charge in [-0.2, -0.15) is 4.98 Å². The molecule has 0 spiro atoms. The minimum Gasteiger partial charge on any atom is -0.491 e. The monoisotopic (exact) mass is 407 g/mol. The predicted molar refractivity (Wildman–Crippen MR) is 107 cm³/mol. The molecule has 150 valence electrons. The van der Waals surface area contributed by atoms with Crippen molar-refractivity contribution in [1.29, 1.82) is 0 Å². The number of nitrogens with one attached hydrogen (secondary N) is 2. The number of fused-ring (bicyclic) bond motifs is 1. The fraction of sp³-hybridized carbons (Fsp3) is 0.389. The number of hydrogen-bond donors (Lipinski definition) is 3. The summed E-state index contributed by atoms with van der Waals surface area (Å²) in [5.41, 5.74) is -0.670. The Hall–Kier alpha value is -2.78. The molecule has 0 aliphatic heterocycles. The van der Waals surface area contributed by atoms with E-state index in [1.807, 2.05) is 13.8 Å². The predicted octanol–water partition coefficient (Wildman–Crippen LogP) is 1.34.